The lowest BCUT2D eigenvalue weighted by Gasteiger charge is -2.21. The van der Waals surface area contributed by atoms with Crippen LogP contribution < -0.4 is 5.32 Å². The van der Waals surface area contributed by atoms with Gasteiger partial charge in [-0.1, -0.05) is 0 Å². The normalized spacial score (nSPS) is 19.5. The zero-order valence-electron chi connectivity index (χ0n) is 9.86. The van der Waals surface area contributed by atoms with Crippen molar-refractivity contribution in [1.29, 1.82) is 0 Å². The Morgan fingerprint density at radius 3 is 2.89 bits per heavy atom. The first kappa shape index (κ1) is 12.6. The highest BCUT2D eigenvalue weighted by atomic mass is 16.6. The molecule has 7 nitrogen and oxygen atoms in total. The van der Waals surface area contributed by atoms with Gasteiger partial charge in [0.1, 0.15) is 5.56 Å². The van der Waals surface area contributed by atoms with E-state index >= 15 is 0 Å². The summed E-state index contributed by atoms with van der Waals surface area (Å²) in [6, 6.07) is 0. The number of carboxylic acids is 1. The summed E-state index contributed by atoms with van der Waals surface area (Å²) in [5.74, 6) is -1.50. The van der Waals surface area contributed by atoms with Crippen LogP contribution in [0.3, 0.4) is 0 Å². The SMILES string of the molecule is Cc1[nH]cc(NC(=O)C2COCCO2)c1C(=O)O. The number of carbonyl (C=O) groups is 2. The van der Waals surface area contributed by atoms with E-state index in [0.29, 0.717) is 18.9 Å². The number of amides is 1. The average molecular weight is 254 g/mol. The standard InChI is InChI=1S/C11H14N2O5/c1-6-9(11(15)16)7(4-12-6)13-10(14)8-5-17-2-3-18-8/h4,8,12H,2-3,5H2,1H3,(H,13,14)(H,15,16). The average Bonchev–Trinajstić information content (AvgIpc) is 2.71. The Balaban J connectivity index is 2.09. The molecule has 0 spiro atoms. The van der Waals surface area contributed by atoms with Crippen LogP contribution in [0.2, 0.25) is 0 Å². The summed E-state index contributed by atoms with van der Waals surface area (Å²) >= 11 is 0. The number of nitrogens with one attached hydrogen (secondary N) is 2. The summed E-state index contributed by atoms with van der Waals surface area (Å²) in [4.78, 5) is 25.6. The van der Waals surface area contributed by atoms with Crippen LogP contribution in [-0.4, -0.2) is 47.9 Å². The Hall–Kier alpha value is -1.86. The van der Waals surface area contributed by atoms with Crippen LogP contribution in [0.1, 0.15) is 16.1 Å². The number of aryl methyl sites for hydroxylation is 1. The van der Waals surface area contributed by atoms with Crippen molar-refractivity contribution in [2.45, 2.75) is 13.0 Å². The molecule has 0 aromatic carbocycles. The highest BCUT2D eigenvalue weighted by molar-refractivity contribution is 6.02. The first-order chi connectivity index (χ1) is 8.59. The molecular weight excluding hydrogens is 240 g/mol. The molecule has 18 heavy (non-hydrogen) atoms. The van der Waals surface area contributed by atoms with Gasteiger partial charge in [0.2, 0.25) is 0 Å². The van der Waals surface area contributed by atoms with E-state index in [-0.39, 0.29) is 17.9 Å². The Morgan fingerprint density at radius 2 is 2.28 bits per heavy atom. The number of carboxylic acid groups (broad SMARTS) is 1. The Bertz CT molecular complexity index is 462. The van der Waals surface area contributed by atoms with E-state index in [1.165, 1.54) is 6.20 Å². The molecule has 1 saturated heterocycles. The second-order valence-electron chi connectivity index (χ2n) is 3.93. The quantitative estimate of drug-likeness (QED) is 0.723. The fraction of sp³-hybridized carbons (Fsp3) is 0.455. The minimum Gasteiger partial charge on any atom is -0.478 e. The third kappa shape index (κ3) is 2.52. The number of anilines is 1. The van der Waals surface area contributed by atoms with Crippen molar-refractivity contribution in [3.05, 3.63) is 17.5 Å². The van der Waals surface area contributed by atoms with Crippen molar-refractivity contribution < 1.29 is 24.2 Å². The fourth-order valence-corrected chi connectivity index (χ4v) is 1.75. The van der Waals surface area contributed by atoms with Gasteiger partial charge in [0.15, 0.2) is 6.10 Å². The lowest BCUT2D eigenvalue weighted by molar-refractivity contribution is -0.142. The molecule has 1 unspecified atom stereocenters. The van der Waals surface area contributed by atoms with Crippen molar-refractivity contribution in [1.82, 2.24) is 4.98 Å². The zero-order valence-corrected chi connectivity index (χ0v) is 9.86. The minimum atomic E-state index is -1.09. The molecule has 2 heterocycles. The number of H-pyrrole nitrogens is 1. The van der Waals surface area contributed by atoms with Crippen molar-refractivity contribution in [2.75, 3.05) is 25.1 Å². The first-order valence-electron chi connectivity index (χ1n) is 5.51. The number of carbonyl (C=O) groups excluding carboxylic acids is 1. The molecular formula is C11H14N2O5. The molecule has 0 radical (unpaired) electrons. The lowest BCUT2D eigenvalue weighted by atomic mass is 10.2. The molecule has 1 aliphatic heterocycles. The van der Waals surface area contributed by atoms with E-state index < -0.39 is 18.0 Å². The Kier molecular flexibility index (Phi) is 3.63. The number of aromatic nitrogens is 1. The van der Waals surface area contributed by atoms with E-state index in [4.69, 9.17) is 14.6 Å². The zero-order chi connectivity index (χ0) is 13.1. The van der Waals surface area contributed by atoms with Crippen molar-refractivity contribution in [3.8, 4) is 0 Å². The number of ether oxygens (including phenoxy) is 2. The lowest BCUT2D eigenvalue weighted by Crippen LogP contribution is -2.39. The first-order valence-corrected chi connectivity index (χ1v) is 5.51. The third-order valence-corrected chi connectivity index (χ3v) is 2.66. The van der Waals surface area contributed by atoms with Crippen molar-refractivity contribution in [3.63, 3.8) is 0 Å². The highest BCUT2D eigenvalue weighted by Gasteiger charge is 2.25. The Morgan fingerprint density at radius 1 is 1.50 bits per heavy atom. The fourth-order valence-electron chi connectivity index (χ4n) is 1.75. The van der Waals surface area contributed by atoms with E-state index in [1.54, 1.807) is 6.92 Å². The molecule has 0 bridgehead atoms. The molecule has 2 rings (SSSR count). The van der Waals surface area contributed by atoms with Crippen LogP contribution in [0.15, 0.2) is 6.20 Å². The van der Waals surface area contributed by atoms with Gasteiger partial charge in [-0.25, -0.2) is 4.79 Å². The topological polar surface area (TPSA) is 101 Å². The molecule has 98 valence electrons. The number of hydrogen-bond donors (Lipinski definition) is 3. The van der Waals surface area contributed by atoms with Crippen LogP contribution in [0.5, 0.6) is 0 Å². The van der Waals surface area contributed by atoms with Crippen LogP contribution in [0.25, 0.3) is 0 Å². The molecule has 1 aromatic heterocycles. The molecule has 1 amide bonds. The van der Waals surface area contributed by atoms with Crippen LogP contribution in [0, 0.1) is 6.92 Å². The summed E-state index contributed by atoms with van der Waals surface area (Å²) < 4.78 is 10.3. The van der Waals surface area contributed by atoms with Gasteiger partial charge in [-0.3, -0.25) is 4.79 Å². The van der Waals surface area contributed by atoms with Gasteiger partial charge in [-0.2, -0.15) is 0 Å². The summed E-state index contributed by atoms with van der Waals surface area (Å²) in [5.41, 5.74) is 0.776. The van der Waals surface area contributed by atoms with Crippen LogP contribution >= 0.6 is 0 Å². The smallest absolute Gasteiger partial charge is 0.339 e. The van der Waals surface area contributed by atoms with E-state index in [1.807, 2.05) is 0 Å². The molecule has 0 aliphatic carbocycles. The van der Waals surface area contributed by atoms with Gasteiger partial charge in [0.05, 0.1) is 25.5 Å². The van der Waals surface area contributed by atoms with Crippen LogP contribution in [-0.2, 0) is 14.3 Å². The monoisotopic (exact) mass is 254 g/mol. The number of hydrogen-bond acceptors (Lipinski definition) is 4. The van der Waals surface area contributed by atoms with E-state index in [9.17, 15) is 9.59 Å². The summed E-state index contributed by atoms with van der Waals surface area (Å²) in [6.07, 6.45) is 0.746. The second kappa shape index (κ2) is 5.19. The number of aromatic amines is 1. The van der Waals surface area contributed by atoms with Crippen molar-refractivity contribution >= 4 is 17.6 Å². The largest absolute Gasteiger partial charge is 0.478 e. The van der Waals surface area contributed by atoms with Gasteiger partial charge in [0.25, 0.3) is 5.91 Å². The van der Waals surface area contributed by atoms with Gasteiger partial charge in [-0.15, -0.1) is 0 Å². The van der Waals surface area contributed by atoms with Gasteiger partial charge >= 0.3 is 5.97 Å². The van der Waals surface area contributed by atoms with Gasteiger partial charge < -0.3 is 24.9 Å². The molecule has 1 aliphatic rings. The van der Waals surface area contributed by atoms with Crippen LogP contribution in [0.4, 0.5) is 5.69 Å². The molecule has 0 saturated carbocycles. The van der Waals surface area contributed by atoms with Gasteiger partial charge in [-0.05, 0) is 6.92 Å². The maximum atomic E-state index is 11.8. The number of rotatable bonds is 3. The molecule has 1 aromatic rings. The van der Waals surface area contributed by atoms with Gasteiger partial charge in [0, 0.05) is 11.9 Å². The molecule has 3 N–H and O–H groups in total. The molecule has 7 heteroatoms. The second-order valence-corrected chi connectivity index (χ2v) is 3.93. The molecule has 1 atom stereocenters. The minimum absolute atomic E-state index is 0.0556. The summed E-state index contributed by atoms with van der Waals surface area (Å²) in [5, 5.41) is 11.6. The van der Waals surface area contributed by atoms with Crippen molar-refractivity contribution in [2.24, 2.45) is 0 Å². The van der Waals surface area contributed by atoms with E-state index in [2.05, 4.69) is 10.3 Å². The Labute approximate surface area is 103 Å². The highest BCUT2D eigenvalue weighted by Crippen LogP contribution is 2.19. The summed E-state index contributed by atoms with van der Waals surface area (Å²) in [7, 11) is 0. The number of aromatic carboxylic acids is 1. The predicted octanol–water partition coefficient (Wildman–Crippen LogP) is 0.375. The summed E-state index contributed by atoms with van der Waals surface area (Å²) in [6.45, 7) is 2.63. The maximum Gasteiger partial charge on any atom is 0.339 e. The molecule has 1 fully saturated rings. The predicted molar refractivity (Wildman–Crippen MR) is 61.7 cm³/mol. The van der Waals surface area contributed by atoms with E-state index in [0.717, 1.165) is 0 Å². The third-order valence-electron chi connectivity index (χ3n) is 2.66. The maximum absolute atomic E-state index is 11.8.